The van der Waals surface area contributed by atoms with Gasteiger partial charge in [0.2, 0.25) is 0 Å². The topological polar surface area (TPSA) is 89.6 Å². The smallest absolute Gasteiger partial charge is 0.339 e. The summed E-state index contributed by atoms with van der Waals surface area (Å²) in [5, 5.41) is 9.16. The van der Waals surface area contributed by atoms with Crippen LogP contribution in [0, 0.1) is 0 Å². The van der Waals surface area contributed by atoms with Gasteiger partial charge in [0, 0.05) is 5.69 Å². The van der Waals surface area contributed by atoms with E-state index in [1.807, 2.05) is 30.3 Å². The Labute approximate surface area is 133 Å². The van der Waals surface area contributed by atoms with E-state index in [4.69, 9.17) is 15.6 Å². The van der Waals surface area contributed by atoms with Crippen LogP contribution < -0.4 is 10.5 Å². The number of nitrogens with two attached hydrogens (primary N) is 1. The molecule has 3 N–H and O–H groups in total. The second-order valence-corrected chi connectivity index (χ2v) is 5.30. The molecule has 3 rings (SSSR count). The van der Waals surface area contributed by atoms with Crippen molar-refractivity contribution >= 4 is 23.2 Å². The number of carboxylic acids is 1. The van der Waals surface area contributed by atoms with Crippen molar-refractivity contribution in [1.29, 1.82) is 0 Å². The Bertz CT molecular complexity index is 824. The lowest BCUT2D eigenvalue weighted by atomic mass is 10.0. The number of hydrogen-bond donors (Lipinski definition) is 2. The number of hydrogen-bond acceptors (Lipinski definition) is 4. The highest BCUT2D eigenvalue weighted by atomic mass is 16.5. The summed E-state index contributed by atoms with van der Waals surface area (Å²) >= 11 is 0. The van der Waals surface area contributed by atoms with Crippen molar-refractivity contribution < 1.29 is 19.4 Å². The predicted molar refractivity (Wildman–Crippen MR) is 86.2 cm³/mol. The quantitative estimate of drug-likeness (QED) is 0.515. The number of nitrogen functional groups attached to an aromatic ring is 1. The van der Waals surface area contributed by atoms with Gasteiger partial charge >= 0.3 is 11.9 Å². The fourth-order valence-corrected chi connectivity index (χ4v) is 2.64. The van der Waals surface area contributed by atoms with Crippen LogP contribution in [0.1, 0.15) is 27.9 Å². The number of ether oxygens (including phenoxy) is 1. The molecule has 0 amide bonds. The van der Waals surface area contributed by atoms with E-state index in [9.17, 15) is 9.59 Å². The van der Waals surface area contributed by atoms with Crippen molar-refractivity contribution in [2.45, 2.75) is 12.8 Å². The molecule has 0 atom stereocenters. The van der Waals surface area contributed by atoms with Gasteiger partial charge < -0.3 is 15.6 Å². The molecule has 0 bridgehead atoms. The minimum atomic E-state index is -1.19. The van der Waals surface area contributed by atoms with Crippen molar-refractivity contribution in [1.82, 2.24) is 0 Å². The molecule has 2 aromatic carbocycles. The average molecular weight is 309 g/mol. The first-order valence-electron chi connectivity index (χ1n) is 7.15. The fraction of sp³-hybridized carbons (Fsp3) is 0.111. The Morgan fingerprint density at radius 1 is 1.17 bits per heavy atom. The number of carboxylic acid groups (broad SMARTS) is 1. The number of allylic oxidation sites excluding steroid dienone is 1. The van der Waals surface area contributed by atoms with Crippen LogP contribution in [0.4, 0.5) is 5.69 Å². The molecule has 0 aromatic heterocycles. The Balaban J connectivity index is 1.75. The minimum absolute atomic E-state index is 0.00332. The number of benzene rings is 2. The van der Waals surface area contributed by atoms with Crippen molar-refractivity contribution in [3.05, 3.63) is 65.2 Å². The molecule has 116 valence electrons. The molecule has 0 radical (unpaired) electrons. The lowest BCUT2D eigenvalue weighted by Gasteiger charge is -2.09. The maximum Gasteiger partial charge on any atom is 0.339 e. The van der Waals surface area contributed by atoms with Crippen LogP contribution in [0.3, 0.4) is 0 Å². The molecule has 23 heavy (non-hydrogen) atoms. The summed E-state index contributed by atoms with van der Waals surface area (Å²) < 4.78 is 5.22. The maximum absolute atomic E-state index is 12.2. The van der Waals surface area contributed by atoms with Gasteiger partial charge in [-0.05, 0) is 41.3 Å². The minimum Gasteiger partial charge on any atom is -0.478 e. The summed E-state index contributed by atoms with van der Waals surface area (Å²) in [6.45, 7) is 0. The molecular weight excluding hydrogens is 294 g/mol. The van der Waals surface area contributed by atoms with Gasteiger partial charge in [-0.25, -0.2) is 4.79 Å². The fourth-order valence-electron chi connectivity index (χ4n) is 2.64. The summed E-state index contributed by atoms with van der Waals surface area (Å²) in [5.41, 5.74) is 8.86. The Morgan fingerprint density at radius 2 is 1.96 bits per heavy atom. The van der Waals surface area contributed by atoms with Crippen LogP contribution in [0.15, 0.2) is 48.5 Å². The zero-order valence-corrected chi connectivity index (χ0v) is 12.3. The third-order valence-electron chi connectivity index (χ3n) is 3.72. The maximum atomic E-state index is 12.2. The molecule has 5 heteroatoms. The highest BCUT2D eigenvalue weighted by Gasteiger charge is 2.19. The summed E-state index contributed by atoms with van der Waals surface area (Å²) in [7, 11) is 0. The number of carbonyl (C=O) groups is 2. The van der Waals surface area contributed by atoms with E-state index in [1.165, 1.54) is 23.8 Å². The van der Waals surface area contributed by atoms with E-state index in [0.29, 0.717) is 5.69 Å². The molecular formula is C18H15NO4. The lowest BCUT2D eigenvalue weighted by molar-refractivity contribution is -0.133. The van der Waals surface area contributed by atoms with Gasteiger partial charge in [-0.2, -0.15) is 0 Å². The van der Waals surface area contributed by atoms with Gasteiger partial charge in [-0.3, -0.25) is 4.79 Å². The van der Waals surface area contributed by atoms with Gasteiger partial charge in [0.25, 0.3) is 0 Å². The molecule has 1 aliphatic carbocycles. The summed E-state index contributed by atoms with van der Waals surface area (Å²) in [5.74, 6) is -1.69. The Kier molecular flexibility index (Phi) is 3.85. The van der Waals surface area contributed by atoms with Crippen LogP contribution in [0.2, 0.25) is 0 Å². The molecule has 0 spiro atoms. The largest absolute Gasteiger partial charge is 0.478 e. The van der Waals surface area contributed by atoms with Crippen LogP contribution in [0.25, 0.3) is 5.57 Å². The van der Waals surface area contributed by atoms with Gasteiger partial charge in [0.1, 0.15) is 11.3 Å². The summed E-state index contributed by atoms with van der Waals surface area (Å²) in [4.78, 5) is 23.4. The van der Waals surface area contributed by atoms with Crippen molar-refractivity contribution in [3.63, 3.8) is 0 Å². The normalized spacial score (nSPS) is 12.4. The zero-order chi connectivity index (χ0) is 16.4. The predicted octanol–water partition coefficient (Wildman–Crippen LogP) is 2.90. The van der Waals surface area contributed by atoms with Crippen LogP contribution in [0.5, 0.6) is 5.75 Å². The second-order valence-electron chi connectivity index (χ2n) is 5.30. The lowest BCUT2D eigenvalue weighted by Crippen LogP contribution is -2.11. The molecule has 0 aliphatic heterocycles. The van der Waals surface area contributed by atoms with Crippen molar-refractivity contribution in [2.75, 3.05) is 5.73 Å². The van der Waals surface area contributed by atoms with Gasteiger partial charge in [-0.15, -0.1) is 0 Å². The number of fused-ring (bicyclic) bond motifs is 1. The number of anilines is 1. The molecule has 0 saturated heterocycles. The van der Waals surface area contributed by atoms with E-state index >= 15 is 0 Å². The average Bonchev–Trinajstić information content (AvgIpc) is 2.92. The van der Waals surface area contributed by atoms with E-state index < -0.39 is 11.9 Å². The number of aromatic carboxylic acids is 1. The molecule has 0 fully saturated rings. The monoisotopic (exact) mass is 309 g/mol. The molecule has 2 aromatic rings. The third-order valence-corrected chi connectivity index (χ3v) is 3.72. The number of carbonyl (C=O) groups excluding carboxylic acids is 1. The highest BCUT2D eigenvalue weighted by Crippen LogP contribution is 2.30. The van der Waals surface area contributed by atoms with Crippen LogP contribution in [-0.4, -0.2) is 17.0 Å². The van der Waals surface area contributed by atoms with Gasteiger partial charge in [-0.1, -0.05) is 30.3 Å². The number of rotatable bonds is 4. The van der Waals surface area contributed by atoms with Gasteiger partial charge in [0.05, 0.1) is 6.42 Å². The van der Waals surface area contributed by atoms with Crippen LogP contribution in [-0.2, 0) is 11.2 Å². The Morgan fingerprint density at radius 3 is 2.74 bits per heavy atom. The molecule has 0 saturated carbocycles. The Hall–Kier alpha value is -3.08. The molecule has 0 unspecified atom stereocenters. The van der Waals surface area contributed by atoms with E-state index in [2.05, 4.69) is 0 Å². The SMILES string of the molecule is Nc1ccc(OC(=O)CC2=CCc3ccccc32)c(C(=O)O)c1. The van der Waals surface area contributed by atoms with Crippen molar-refractivity contribution in [3.8, 4) is 5.75 Å². The zero-order valence-electron chi connectivity index (χ0n) is 12.3. The third kappa shape index (κ3) is 3.08. The van der Waals surface area contributed by atoms with Crippen molar-refractivity contribution in [2.24, 2.45) is 0 Å². The van der Waals surface area contributed by atoms with E-state index in [0.717, 1.165) is 17.6 Å². The molecule has 0 heterocycles. The van der Waals surface area contributed by atoms with E-state index in [1.54, 1.807) is 0 Å². The highest BCUT2D eigenvalue weighted by molar-refractivity contribution is 5.94. The second kappa shape index (κ2) is 5.96. The standard InChI is InChI=1S/C18H15NO4/c19-13-7-8-16(15(10-13)18(21)22)23-17(20)9-12-6-5-11-3-1-2-4-14(11)12/h1-4,6-8,10H,5,9,19H2,(H,21,22). The number of esters is 1. The molecule has 5 nitrogen and oxygen atoms in total. The first-order chi connectivity index (χ1) is 11.0. The first kappa shape index (κ1) is 14.8. The van der Waals surface area contributed by atoms with Crippen LogP contribution >= 0.6 is 0 Å². The molecule has 1 aliphatic rings. The summed E-state index contributed by atoms with van der Waals surface area (Å²) in [6.07, 6.45) is 2.88. The summed E-state index contributed by atoms with van der Waals surface area (Å²) in [6, 6.07) is 12.0. The first-order valence-corrected chi connectivity index (χ1v) is 7.15. The van der Waals surface area contributed by atoms with E-state index in [-0.39, 0.29) is 17.7 Å². The van der Waals surface area contributed by atoms with Gasteiger partial charge in [0.15, 0.2) is 0 Å².